The van der Waals surface area contributed by atoms with Gasteiger partial charge < -0.3 is 20.2 Å². The van der Waals surface area contributed by atoms with E-state index in [1.54, 1.807) is 20.0 Å². The molecule has 24 heavy (non-hydrogen) atoms. The summed E-state index contributed by atoms with van der Waals surface area (Å²) < 4.78 is 46.1. The van der Waals surface area contributed by atoms with Crippen LogP contribution in [-0.2, 0) is 16.0 Å². The van der Waals surface area contributed by atoms with E-state index in [0.717, 1.165) is 0 Å². The highest BCUT2D eigenvalue weighted by Gasteiger charge is 2.35. The third-order valence-electron chi connectivity index (χ3n) is 3.79. The Morgan fingerprint density at radius 1 is 1.29 bits per heavy atom. The molecule has 0 radical (unpaired) electrons. The quantitative estimate of drug-likeness (QED) is 0.789. The van der Waals surface area contributed by atoms with Crippen LogP contribution < -0.4 is 10.5 Å². The number of alkyl halides is 3. The van der Waals surface area contributed by atoms with Crippen molar-refractivity contribution in [2.24, 2.45) is 5.73 Å². The van der Waals surface area contributed by atoms with E-state index in [4.69, 9.17) is 10.5 Å². The van der Waals surface area contributed by atoms with Crippen LogP contribution in [0.2, 0.25) is 0 Å². The summed E-state index contributed by atoms with van der Waals surface area (Å²) in [7, 11) is 0. The zero-order chi connectivity index (χ0) is 18.0. The molecule has 0 fully saturated rings. The maximum absolute atomic E-state index is 12.4. The second-order valence-corrected chi connectivity index (χ2v) is 5.48. The number of aromatic nitrogens is 1. The zero-order valence-electron chi connectivity index (χ0n) is 13.4. The van der Waals surface area contributed by atoms with Crippen molar-refractivity contribution in [2.45, 2.75) is 38.6 Å². The Morgan fingerprint density at radius 3 is 2.58 bits per heavy atom. The summed E-state index contributed by atoms with van der Waals surface area (Å²) in [5.74, 6) is -0.865. The third-order valence-corrected chi connectivity index (χ3v) is 3.79. The first kappa shape index (κ1) is 18.1. The lowest BCUT2D eigenvalue weighted by Gasteiger charge is -2.25. The molecule has 2 rings (SSSR count). The molecule has 0 aliphatic rings. The average Bonchev–Trinajstić information content (AvgIpc) is 2.88. The fourth-order valence-corrected chi connectivity index (χ4v) is 2.46. The van der Waals surface area contributed by atoms with E-state index in [9.17, 15) is 18.0 Å². The van der Waals surface area contributed by atoms with Crippen LogP contribution in [0.25, 0.3) is 10.9 Å². The predicted octanol–water partition coefficient (Wildman–Crippen LogP) is 3.28. The number of hydrogen-bond donors (Lipinski definition) is 2. The molecule has 1 aromatic heterocycles. The number of nitrogens with two attached hydrogens (primary N) is 1. The molecule has 1 atom stereocenters. The van der Waals surface area contributed by atoms with E-state index >= 15 is 0 Å². The molecule has 2 aromatic rings. The molecule has 0 aliphatic heterocycles. The van der Waals surface area contributed by atoms with E-state index in [0.29, 0.717) is 22.9 Å². The van der Waals surface area contributed by atoms with Crippen molar-refractivity contribution in [1.29, 1.82) is 0 Å². The molecular formula is C16H19F3N2O3. The van der Waals surface area contributed by atoms with Crippen LogP contribution in [0.3, 0.4) is 0 Å². The van der Waals surface area contributed by atoms with Crippen LogP contribution in [0.1, 0.15) is 25.8 Å². The normalized spacial score (nSPS) is 14.4. The highest BCUT2D eigenvalue weighted by atomic mass is 19.4. The molecule has 0 amide bonds. The standard InChI is InChI=1S/C16H19F3N2O3/c1-3-15(20,14(22)23-4-2)8-10-9-21-13-6-5-11(7-12(10)13)24-16(17,18)19/h5-7,9,21H,3-4,8,20H2,1-2H3. The van der Waals surface area contributed by atoms with Crippen LogP contribution >= 0.6 is 0 Å². The number of benzene rings is 1. The lowest BCUT2D eigenvalue weighted by atomic mass is 9.89. The smallest absolute Gasteiger partial charge is 0.465 e. The van der Waals surface area contributed by atoms with Gasteiger partial charge in [-0.1, -0.05) is 6.92 Å². The van der Waals surface area contributed by atoms with Crippen LogP contribution in [0.15, 0.2) is 24.4 Å². The van der Waals surface area contributed by atoms with Gasteiger partial charge in [-0.25, -0.2) is 0 Å². The maximum Gasteiger partial charge on any atom is 0.573 e. The third kappa shape index (κ3) is 4.00. The summed E-state index contributed by atoms with van der Waals surface area (Å²) in [6.45, 7) is 3.64. The monoisotopic (exact) mass is 344 g/mol. The number of rotatable bonds is 6. The minimum Gasteiger partial charge on any atom is -0.465 e. The Labute approximate surface area is 136 Å². The van der Waals surface area contributed by atoms with Crippen molar-refractivity contribution in [1.82, 2.24) is 4.98 Å². The first-order valence-electron chi connectivity index (χ1n) is 7.50. The second kappa shape index (κ2) is 6.72. The van der Waals surface area contributed by atoms with Crippen LogP contribution in [0.5, 0.6) is 5.75 Å². The van der Waals surface area contributed by atoms with Crippen molar-refractivity contribution in [3.8, 4) is 5.75 Å². The summed E-state index contributed by atoms with van der Waals surface area (Å²) in [5.41, 5.74) is 6.15. The average molecular weight is 344 g/mol. The van der Waals surface area contributed by atoms with E-state index in [2.05, 4.69) is 9.72 Å². The van der Waals surface area contributed by atoms with E-state index in [1.165, 1.54) is 18.2 Å². The Morgan fingerprint density at radius 2 is 2.00 bits per heavy atom. The molecule has 0 aliphatic carbocycles. The second-order valence-electron chi connectivity index (χ2n) is 5.48. The molecular weight excluding hydrogens is 325 g/mol. The van der Waals surface area contributed by atoms with Gasteiger partial charge in [-0.15, -0.1) is 13.2 Å². The molecule has 0 saturated carbocycles. The lowest BCUT2D eigenvalue weighted by Crippen LogP contribution is -2.50. The number of fused-ring (bicyclic) bond motifs is 1. The number of hydrogen-bond acceptors (Lipinski definition) is 4. The summed E-state index contributed by atoms with van der Waals surface area (Å²) in [6.07, 6.45) is -2.68. The van der Waals surface area contributed by atoms with E-state index in [1.807, 2.05) is 0 Å². The van der Waals surface area contributed by atoms with Gasteiger partial charge in [-0.05, 0) is 37.1 Å². The number of carbonyl (C=O) groups is 1. The van der Waals surface area contributed by atoms with Gasteiger partial charge in [0.25, 0.3) is 0 Å². The number of halogens is 3. The molecule has 0 spiro atoms. The van der Waals surface area contributed by atoms with Gasteiger partial charge in [-0.3, -0.25) is 4.79 Å². The van der Waals surface area contributed by atoms with Gasteiger partial charge in [0, 0.05) is 23.5 Å². The summed E-state index contributed by atoms with van der Waals surface area (Å²) in [5, 5.41) is 0.518. The van der Waals surface area contributed by atoms with Crippen LogP contribution in [0, 0.1) is 0 Å². The number of ether oxygens (including phenoxy) is 2. The van der Waals surface area contributed by atoms with Gasteiger partial charge in [0.15, 0.2) is 0 Å². The van der Waals surface area contributed by atoms with Crippen molar-refractivity contribution >= 4 is 16.9 Å². The van der Waals surface area contributed by atoms with Gasteiger partial charge in [0.05, 0.1) is 6.61 Å². The van der Waals surface area contributed by atoms with Gasteiger partial charge in [0.2, 0.25) is 0 Å². The molecule has 5 nitrogen and oxygen atoms in total. The van der Waals surface area contributed by atoms with Gasteiger partial charge in [-0.2, -0.15) is 0 Å². The summed E-state index contributed by atoms with van der Waals surface area (Å²) in [6, 6.07) is 3.97. The van der Waals surface area contributed by atoms with Crippen molar-refractivity contribution in [3.05, 3.63) is 30.0 Å². The molecule has 1 heterocycles. The first-order chi connectivity index (χ1) is 11.2. The van der Waals surface area contributed by atoms with Crippen molar-refractivity contribution < 1.29 is 27.4 Å². The topological polar surface area (TPSA) is 77.3 Å². The number of carbonyl (C=O) groups excluding carboxylic acids is 1. The highest BCUT2D eigenvalue weighted by molar-refractivity contribution is 5.87. The summed E-state index contributed by atoms with van der Waals surface area (Å²) >= 11 is 0. The van der Waals surface area contributed by atoms with Crippen molar-refractivity contribution in [3.63, 3.8) is 0 Å². The lowest BCUT2D eigenvalue weighted by molar-refractivity contribution is -0.274. The number of H-pyrrole nitrogens is 1. The fourth-order valence-electron chi connectivity index (χ4n) is 2.46. The fraction of sp³-hybridized carbons (Fsp3) is 0.438. The number of aromatic amines is 1. The van der Waals surface area contributed by atoms with Crippen LogP contribution in [-0.4, -0.2) is 29.5 Å². The molecule has 8 heteroatoms. The molecule has 0 bridgehead atoms. The van der Waals surface area contributed by atoms with E-state index < -0.39 is 17.9 Å². The SMILES string of the molecule is CCOC(=O)C(N)(CC)Cc1c[nH]c2ccc(OC(F)(F)F)cc12. The molecule has 1 unspecified atom stereocenters. The number of nitrogens with one attached hydrogen (secondary N) is 1. The van der Waals surface area contributed by atoms with Crippen molar-refractivity contribution in [2.75, 3.05) is 6.61 Å². The highest BCUT2D eigenvalue weighted by Crippen LogP contribution is 2.30. The zero-order valence-corrected chi connectivity index (χ0v) is 13.4. The predicted molar refractivity (Wildman–Crippen MR) is 82.5 cm³/mol. The Balaban J connectivity index is 2.34. The summed E-state index contributed by atoms with van der Waals surface area (Å²) in [4.78, 5) is 15.0. The first-order valence-corrected chi connectivity index (χ1v) is 7.50. The van der Waals surface area contributed by atoms with Gasteiger partial charge >= 0.3 is 12.3 Å². The Hall–Kier alpha value is -2.22. The largest absolute Gasteiger partial charge is 0.573 e. The number of esters is 1. The minimum atomic E-state index is -4.77. The maximum atomic E-state index is 12.4. The molecule has 3 N–H and O–H groups in total. The van der Waals surface area contributed by atoms with E-state index in [-0.39, 0.29) is 18.8 Å². The Bertz CT molecular complexity index is 727. The Kier molecular flexibility index (Phi) is 5.08. The van der Waals surface area contributed by atoms with Crippen LogP contribution in [0.4, 0.5) is 13.2 Å². The molecule has 1 aromatic carbocycles. The van der Waals surface area contributed by atoms with Gasteiger partial charge in [0.1, 0.15) is 11.3 Å². The minimum absolute atomic E-state index is 0.137. The molecule has 132 valence electrons. The molecule has 0 saturated heterocycles.